The van der Waals surface area contributed by atoms with E-state index in [1.807, 2.05) is 12.1 Å². The fourth-order valence-corrected chi connectivity index (χ4v) is 3.25. The third-order valence-corrected chi connectivity index (χ3v) is 4.60. The summed E-state index contributed by atoms with van der Waals surface area (Å²) in [4.78, 5) is 18.8. The number of pyridine rings is 1. The van der Waals surface area contributed by atoms with Crippen LogP contribution in [0.25, 0.3) is 0 Å². The monoisotopic (exact) mass is 365 g/mol. The molecule has 136 valence electrons. The molecule has 4 rings (SSSR count). The highest BCUT2D eigenvalue weighted by atomic mass is 19.1. The van der Waals surface area contributed by atoms with E-state index in [4.69, 9.17) is 0 Å². The van der Waals surface area contributed by atoms with Crippen LogP contribution in [-0.4, -0.2) is 17.4 Å². The number of aromatic nitrogens is 1. The van der Waals surface area contributed by atoms with Gasteiger partial charge in [-0.15, -0.1) is 0 Å². The Morgan fingerprint density at radius 1 is 1.00 bits per heavy atom. The number of fused-ring (bicyclic) bond motifs is 1. The van der Waals surface area contributed by atoms with E-state index in [1.54, 1.807) is 12.1 Å². The SMILES string of the molecule is O=C(Nc1c(F)cccc1F)c1ccc(N2CCCc3ccccc32)nc1. The molecule has 1 N–H and O–H groups in total. The minimum Gasteiger partial charge on any atom is -0.326 e. The summed E-state index contributed by atoms with van der Waals surface area (Å²) in [6.45, 7) is 0.843. The van der Waals surface area contributed by atoms with Crippen LogP contribution in [0.5, 0.6) is 0 Å². The van der Waals surface area contributed by atoms with E-state index >= 15 is 0 Å². The van der Waals surface area contributed by atoms with Gasteiger partial charge in [0.15, 0.2) is 0 Å². The average Bonchev–Trinajstić information content (AvgIpc) is 2.70. The van der Waals surface area contributed by atoms with E-state index in [0.29, 0.717) is 0 Å². The Hall–Kier alpha value is -3.28. The second-order valence-corrected chi connectivity index (χ2v) is 6.34. The van der Waals surface area contributed by atoms with Crippen molar-refractivity contribution in [3.8, 4) is 0 Å². The number of nitrogens with one attached hydrogen (secondary N) is 1. The number of hydrogen-bond donors (Lipinski definition) is 1. The number of benzene rings is 2. The minimum atomic E-state index is -0.821. The molecule has 0 unspecified atom stereocenters. The molecular weight excluding hydrogens is 348 g/mol. The Kier molecular flexibility index (Phi) is 4.54. The molecule has 2 aromatic carbocycles. The van der Waals surface area contributed by atoms with Gasteiger partial charge in [0.05, 0.1) is 5.56 Å². The fourth-order valence-electron chi connectivity index (χ4n) is 3.25. The number of amides is 1. The van der Waals surface area contributed by atoms with Crippen LogP contribution in [0.3, 0.4) is 0 Å². The van der Waals surface area contributed by atoms with Gasteiger partial charge < -0.3 is 10.2 Å². The summed E-state index contributed by atoms with van der Waals surface area (Å²) >= 11 is 0. The third-order valence-electron chi connectivity index (χ3n) is 4.60. The Labute approximate surface area is 155 Å². The van der Waals surface area contributed by atoms with Crippen molar-refractivity contribution in [1.82, 2.24) is 4.98 Å². The number of carbonyl (C=O) groups is 1. The molecule has 6 heteroatoms. The van der Waals surface area contributed by atoms with Crippen molar-refractivity contribution >= 4 is 23.1 Å². The molecule has 4 nitrogen and oxygen atoms in total. The predicted octanol–water partition coefficient (Wildman–Crippen LogP) is 4.70. The van der Waals surface area contributed by atoms with E-state index < -0.39 is 23.2 Å². The lowest BCUT2D eigenvalue weighted by molar-refractivity contribution is 0.102. The first-order valence-corrected chi connectivity index (χ1v) is 8.70. The molecule has 1 amide bonds. The first-order chi connectivity index (χ1) is 13.1. The van der Waals surface area contributed by atoms with E-state index in [9.17, 15) is 13.6 Å². The minimum absolute atomic E-state index is 0.228. The molecule has 0 saturated carbocycles. The molecule has 0 atom stereocenters. The van der Waals surface area contributed by atoms with Gasteiger partial charge in [0, 0.05) is 18.4 Å². The van der Waals surface area contributed by atoms with Crippen LogP contribution < -0.4 is 10.2 Å². The molecule has 0 fully saturated rings. The Balaban J connectivity index is 1.56. The highest BCUT2D eigenvalue weighted by molar-refractivity contribution is 6.04. The number of carbonyl (C=O) groups excluding carboxylic acids is 1. The normalized spacial score (nSPS) is 13.2. The summed E-state index contributed by atoms with van der Waals surface area (Å²) in [7, 11) is 0. The van der Waals surface area contributed by atoms with Crippen molar-refractivity contribution in [3.63, 3.8) is 0 Å². The number of aryl methyl sites for hydroxylation is 1. The molecule has 2 heterocycles. The Bertz CT molecular complexity index is 969. The molecule has 1 aliphatic rings. The quantitative estimate of drug-likeness (QED) is 0.732. The molecule has 1 aromatic heterocycles. The predicted molar refractivity (Wildman–Crippen MR) is 100 cm³/mol. The van der Waals surface area contributed by atoms with Crippen molar-refractivity contribution in [2.45, 2.75) is 12.8 Å². The van der Waals surface area contributed by atoms with Gasteiger partial charge in [0.2, 0.25) is 0 Å². The van der Waals surface area contributed by atoms with Crippen LogP contribution in [0.4, 0.5) is 26.0 Å². The second kappa shape index (κ2) is 7.15. The summed E-state index contributed by atoms with van der Waals surface area (Å²) in [5, 5.41) is 2.27. The lowest BCUT2D eigenvalue weighted by Crippen LogP contribution is -2.25. The van der Waals surface area contributed by atoms with Crippen LogP contribution in [0.15, 0.2) is 60.8 Å². The summed E-state index contributed by atoms with van der Waals surface area (Å²) in [6.07, 6.45) is 3.47. The van der Waals surface area contributed by atoms with Gasteiger partial charge in [0.1, 0.15) is 23.1 Å². The second-order valence-electron chi connectivity index (χ2n) is 6.34. The number of nitrogens with zero attached hydrogens (tertiary/aromatic N) is 2. The maximum absolute atomic E-state index is 13.7. The Morgan fingerprint density at radius 2 is 1.78 bits per heavy atom. The number of para-hydroxylation sites is 2. The topological polar surface area (TPSA) is 45.2 Å². The summed E-state index contributed by atoms with van der Waals surface area (Å²) < 4.78 is 27.4. The van der Waals surface area contributed by atoms with Crippen LogP contribution in [0.2, 0.25) is 0 Å². The van der Waals surface area contributed by atoms with Gasteiger partial charge in [-0.1, -0.05) is 24.3 Å². The first-order valence-electron chi connectivity index (χ1n) is 8.70. The lowest BCUT2D eigenvalue weighted by atomic mass is 10.0. The maximum Gasteiger partial charge on any atom is 0.257 e. The summed E-state index contributed by atoms with van der Waals surface area (Å²) in [5.41, 5.74) is 2.15. The van der Waals surface area contributed by atoms with Crippen molar-refractivity contribution in [2.75, 3.05) is 16.8 Å². The third kappa shape index (κ3) is 3.38. The lowest BCUT2D eigenvalue weighted by Gasteiger charge is -2.30. The zero-order valence-corrected chi connectivity index (χ0v) is 14.5. The van der Waals surface area contributed by atoms with Crippen molar-refractivity contribution in [2.24, 2.45) is 0 Å². The van der Waals surface area contributed by atoms with Crippen LogP contribution >= 0.6 is 0 Å². The van der Waals surface area contributed by atoms with Crippen LogP contribution in [-0.2, 0) is 6.42 Å². The first kappa shape index (κ1) is 17.1. The van der Waals surface area contributed by atoms with Crippen LogP contribution in [0, 0.1) is 11.6 Å². The highest BCUT2D eigenvalue weighted by Crippen LogP contribution is 2.32. The van der Waals surface area contributed by atoms with Gasteiger partial charge in [-0.25, -0.2) is 13.8 Å². The summed E-state index contributed by atoms with van der Waals surface area (Å²) in [5.74, 6) is -1.52. The molecule has 0 radical (unpaired) electrons. The maximum atomic E-state index is 13.7. The number of anilines is 3. The van der Waals surface area contributed by atoms with Gasteiger partial charge in [-0.05, 0) is 48.7 Å². The number of halogens is 2. The molecule has 0 spiro atoms. The molecule has 27 heavy (non-hydrogen) atoms. The number of hydrogen-bond acceptors (Lipinski definition) is 3. The van der Waals surface area contributed by atoms with E-state index in [2.05, 4.69) is 27.3 Å². The molecule has 0 saturated heterocycles. The van der Waals surface area contributed by atoms with E-state index in [1.165, 1.54) is 17.8 Å². The van der Waals surface area contributed by atoms with Crippen molar-refractivity contribution in [3.05, 3.63) is 83.6 Å². The largest absolute Gasteiger partial charge is 0.326 e. The van der Waals surface area contributed by atoms with Gasteiger partial charge in [-0.2, -0.15) is 0 Å². The van der Waals surface area contributed by atoms with Crippen molar-refractivity contribution in [1.29, 1.82) is 0 Å². The molecule has 3 aromatic rings. The van der Waals surface area contributed by atoms with Crippen molar-refractivity contribution < 1.29 is 13.6 Å². The zero-order chi connectivity index (χ0) is 18.8. The fraction of sp³-hybridized carbons (Fsp3) is 0.143. The van der Waals surface area contributed by atoms with Gasteiger partial charge in [0.25, 0.3) is 5.91 Å². The van der Waals surface area contributed by atoms with E-state index in [-0.39, 0.29) is 5.56 Å². The molecule has 0 bridgehead atoms. The smallest absolute Gasteiger partial charge is 0.257 e. The molecule has 0 aliphatic carbocycles. The Morgan fingerprint density at radius 3 is 2.52 bits per heavy atom. The molecular formula is C21H17F2N3O. The number of rotatable bonds is 3. The molecule has 1 aliphatic heterocycles. The van der Waals surface area contributed by atoms with Gasteiger partial charge in [-0.3, -0.25) is 4.79 Å². The zero-order valence-electron chi connectivity index (χ0n) is 14.5. The standard InChI is InChI=1S/C21H17F2N3O/c22-16-7-3-8-17(23)20(16)25-21(27)15-10-11-19(24-13-15)26-12-4-6-14-5-1-2-9-18(14)26/h1-3,5,7-11,13H,4,6,12H2,(H,25,27). The highest BCUT2D eigenvalue weighted by Gasteiger charge is 2.19. The van der Waals surface area contributed by atoms with E-state index in [0.717, 1.165) is 43.0 Å². The van der Waals surface area contributed by atoms with Crippen LogP contribution in [0.1, 0.15) is 22.3 Å². The van der Waals surface area contributed by atoms with Gasteiger partial charge >= 0.3 is 0 Å². The average molecular weight is 365 g/mol. The summed E-state index contributed by atoms with van der Waals surface area (Å²) in [6, 6.07) is 14.9.